The summed E-state index contributed by atoms with van der Waals surface area (Å²) in [5.74, 6) is -0.612. The molecule has 0 spiro atoms. The summed E-state index contributed by atoms with van der Waals surface area (Å²) in [5, 5.41) is 6.00. The maximum atomic E-state index is 13.4. The molecule has 2 N–H and O–H groups in total. The zero-order chi connectivity index (χ0) is 20.4. The van der Waals surface area contributed by atoms with Gasteiger partial charge in [0.25, 0.3) is 5.91 Å². The molecule has 2 fully saturated rings. The van der Waals surface area contributed by atoms with E-state index in [1.807, 2.05) is 13.0 Å². The molecule has 0 bridgehead atoms. The molecule has 29 heavy (non-hydrogen) atoms. The second-order valence-corrected chi connectivity index (χ2v) is 7.93. The van der Waals surface area contributed by atoms with E-state index in [1.54, 1.807) is 24.3 Å². The Morgan fingerprint density at radius 3 is 2.41 bits per heavy atom. The van der Waals surface area contributed by atoms with Crippen molar-refractivity contribution in [2.24, 2.45) is 0 Å². The van der Waals surface area contributed by atoms with Crippen molar-refractivity contribution in [1.29, 1.82) is 0 Å². The average molecular weight is 396 g/mol. The lowest BCUT2D eigenvalue weighted by molar-refractivity contribution is -0.125. The standard InChI is InChI=1S/C23H25FN2O3/c1-15-2-3-16(21(27)25-19-8-9-19)14-20(15)26-22(28)23(10-12-29-13-11-23)17-4-6-18(24)7-5-17/h2-7,14,19H,8-13H2,1H3,(H,25,27)(H,26,28). The summed E-state index contributed by atoms with van der Waals surface area (Å²) in [6.07, 6.45) is 3.07. The minimum atomic E-state index is -0.787. The van der Waals surface area contributed by atoms with Crippen LogP contribution in [0.25, 0.3) is 0 Å². The van der Waals surface area contributed by atoms with Gasteiger partial charge in [-0.3, -0.25) is 9.59 Å². The first-order valence-electron chi connectivity index (χ1n) is 10.0. The number of hydrogen-bond acceptors (Lipinski definition) is 3. The lowest BCUT2D eigenvalue weighted by Gasteiger charge is -2.36. The zero-order valence-electron chi connectivity index (χ0n) is 16.5. The van der Waals surface area contributed by atoms with Gasteiger partial charge in [0.05, 0.1) is 5.41 Å². The van der Waals surface area contributed by atoms with Crippen molar-refractivity contribution in [3.63, 3.8) is 0 Å². The van der Waals surface area contributed by atoms with Gasteiger partial charge in [0.2, 0.25) is 5.91 Å². The summed E-state index contributed by atoms with van der Waals surface area (Å²) in [4.78, 5) is 25.8. The number of nitrogens with one attached hydrogen (secondary N) is 2. The predicted molar refractivity (Wildman–Crippen MR) is 108 cm³/mol. The van der Waals surface area contributed by atoms with E-state index in [9.17, 15) is 14.0 Å². The molecule has 152 valence electrons. The Bertz CT molecular complexity index is 916. The van der Waals surface area contributed by atoms with E-state index in [1.165, 1.54) is 12.1 Å². The Morgan fingerprint density at radius 2 is 1.76 bits per heavy atom. The molecular formula is C23H25FN2O3. The highest BCUT2D eigenvalue weighted by Gasteiger charge is 2.42. The van der Waals surface area contributed by atoms with Gasteiger partial charge < -0.3 is 15.4 Å². The quantitative estimate of drug-likeness (QED) is 0.810. The molecule has 0 unspecified atom stereocenters. The Hall–Kier alpha value is -2.73. The lowest BCUT2D eigenvalue weighted by atomic mass is 9.73. The molecule has 1 saturated heterocycles. The highest BCUT2D eigenvalue weighted by atomic mass is 19.1. The molecule has 2 amide bonds. The van der Waals surface area contributed by atoms with Crippen LogP contribution in [-0.2, 0) is 14.9 Å². The number of carbonyl (C=O) groups is 2. The third-order valence-electron chi connectivity index (χ3n) is 5.84. The van der Waals surface area contributed by atoms with E-state index in [4.69, 9.17) is 4.74 Å². The highest BCUT2D eigenvalue weighted by molar-refractivity contribution is 6.01. The highest BCUT2D eigenvalue weighted by Crippen LogP contribution is 2.36. The van der Waals surface area contributed by atoms with E-state index < -0.39 is 5.41 Å². The third-order valence-corrected chi connectivity index (χ3v) is 5.84. The van der Waals surface area contributed by atoms with E-state index in [0.717, 1.165) is 24.0 Å². The van der Waals surface area contributed by atoms with Gasteiger partial charge in [0.1, 0.15) is 5.82 Å². The molecule has 1 saturated carbocycles. The summed E-state index contributed by atoms with van der Waals surface area (Å²) in [5.41, 5.74) is 2.01. The van der Waals surface area contributed by atoms with Crippen molar-refractivity contribution in [2.45, 2.75) is 44.1 Å². The summed E-state index contributed by atoms with van der Waals surface area (Å²) < 4.78 is 18.9. The summed E-state index contributed by atoms with van der Waals surface area (Å²) in [6.45, 7) is 2.83. The molecule has 0 radical (unpaired) electrons. The van der Waals surface area contributed by atoms with Crippen molar-refractivity contribution in [3.8, 4) is 0 Å². The van der Waals surface area contributed by atoms with Crippen LogP contribution < -0.4 is 10.6 Å². The molecule has 6 heteroatoms. The van der Waals surface area contributed by atoms with Gasteiger partial charge >= 0.3 is 0 Å². The van der Waals surface area contributed by atoms with Crippen LogP contribution in [0.5, 0.6) is 0 Å². The van der Waals surface area contributed by atoms with Crippen molar-refractivity contribution >= 4 is 17.5 Å². The van der Waals surface area contributed by atoms with E-state index >= 15 is 0 Å². The van der Waals surface area contributed by atoms with Gasteiger partial charge in [0.15, 0.2) is 0 Å². The van der Waals surface area contributed by atoms with E-state index in [0.29, 0.717) is 37.3 Å². The van der Waals surface area contributed by atoms with E-state index in [2.05, 4.69) is 10.6 Å². The average Bonchev–Trinajstić information content (AvgIpc) is 3.54. The van der Waals surface area contributed by atoms with Crippen LogP contribution in [0.15, 0.2) is 42.5 Å². The molecule has 5 nitrogen and oxygen atoms in total. The normalized spacial score (nSPS) is 18.1. The summed E-state index contributed by atoms with van der Waals surface area (Å²) >= 11 is 0. The molecule has 0 aromatic heterocycles. The number of anilines is 1. The number of halogens is 1. The summed E-state index contributed by atoms with van der Waals surface area (Å²) in [7, 11) is 0. The van der Waals surface area contributed by atoms with Crippen molar-refractivity contribution in [3.05, 3.63) is 65.0 Å². The number of benzene rings is 2. The Morgan fingerprint density at radius 1 is 1.07 bits per heavy atom. The molecule has 4 rings (SSSR count). The van der Waals surface area contributed by atoms with Crippen molar-refractivity contribution < 1.29 is 18.7 Å². The number of carbonyl (C=O) groups excluding carboxylic acids is 2. The second-order valence-electron chi connectivity index (χ2n) is 7.93. The largest absolute Gasteiger partial charge is 0.381 e. The number of amides is 2. The van der Waals surface area contributed by atoms with Crippen LogP contribution in [0, 0.1) is 12.7 Å². The van der Waals surface area contributed by atoms with Crippen LogP contribution in [0.2, 0.25) is 0 Å². The Balaban J connectivity index is 1.60. The van der Waals surface area contributed by atoms with Gasteiger partial charge in [-0.15, -0.1) is 0 Å². The number of rotatable bonds is 5. The van der Waals surface area contributed by atoms with Gasteiger partial charge in [-0.05, 0) is 68.0 Å². The van der Waals surface area contributed by atoms with Crippen molar-refractivity contribution in [2.75, 3.05) is 18.5 Å². The van der Waals surface area contributed by atoms with Crippen molar-refractivity contribution in [1.82, 2.24) is 5.32 Å². The first-order valence-corrected chi connectivity index (χ1v) is 10.0. The molecule has 1 heterocycles. The first kappa shape index (κ1) is 19.6. The Labute approximate surface area is 169 Å². The van der Waals surface area contributed by atoms with Gasteiger partial charge in [-0.2, -0.15) is 0 Å². The lowest BCUT2D eigenvalue weighted by Crippen LogP contribution is -2.45. The topological polar surface area (TPSA) is 67.4 Å². The summed E-state index contributed by atoms with van der Waals surface area (Å²) in [6, 6.07) is 11.7. The molecule has 2 aliphatic rings. The van der Waals surface area contributed by atoms with Crippen LogP contribution in [0.1, 0.15) is 47.2 Å². The third kappa shape index (κ3) is 4.17. The van der Waals surface area contributed by atoms with Crippen LogP contribution >= 0.6 is 0 Å². The number of ether oxygens (including phenoxy) is 1. The molecule has 2 aromatic carbocycles. The fourth-order valence-corrected chi connectivity index (χ4v) is 3.77. The molecule has 1 aliphatic carbocycles. The van der Waals surface area contributed by atoms with Gasteiger partial charge in [-0.25, -0.2) is 4.39 Å². The van der Waals surface area contributed by atoms with E-state index in [-0.39, 0.29) is 23.7 Å². The smallest absolute Gasteiger partial charge is 0.251 e. The fraction of sp³-hybridized carbons (Fsp3) is 0.391. The minimum Gasteiger partial charge on any atom is -0.381 e. The first-order chi connectivity index (χ1) is 14.0. The minimum absolute atomic E-state index is 0.123. The maximum Gasteiger partial charge on any atom is 0.251 e. The maximum absolute atomic E-state index is 13.4. The zero-order valence-corrected chi connectivity index (χ0v) is 16.5. The van der Waals surface area contributed by atoms with Crippen LogP contribution in [0.3, 0.4) is 0 Å². The second kappa shape index (κ2) is 7.95. The number of aryl methyl sites for hydroxylation is 1. The Kier molecular flexibility index (Phi) is 5.37. The van der Waals surface area contributed by atoms with Gasteiger partial charge in [0, 0.05) is 30.5 Å². The molecule has 2 aromatic rings. The predicted octanol–water partition coefficient (Wildman–Crippen LogP) is 3.71. The molecule has 1 aliphatic heterocycles. The monoisotopic (exact) mass is 396 g/mol. The SMILES string of the molecule is Cc1ccc(C(=O)NC2CC2)cc1NC(=O)C1(c2ccc(F)cc2)CCOCC1. The van der Waals surface area contributed by atoms with Crippen LogP contribution in [0.4, 0.5) is 10.1 Å². The fourth-order valence-electron chi connectivity index (χ4n) is 3.77. The van der Waals surface area contributed by atoms with Crippen LogP contribution in [-0.4, -0.2) is 31.1 Å². The number of hydrogen-bond donors (Lipinski definition) is 2. The molecular weight excluding hydrogens is 371 g/mol. The van der Waals surface area contributed by atoms with Gasteiger partial charge in [-0.1, -0.05) is 18.2 Å². The molecule has 0 atom stereocenters.